The smallest absolute Gasteiger partial charge is 0.311 e. The molecule has 0 aliphatic rings. The normalized spacial score (nSPS) is 10.1. The van der Waals surface area contributed by atoms with Crippen LogP contribution < -0.4 is 10.1 Å². The van der Waals surface area contributed by atoms with Gasteiger partial charge in [-0.3, -0.25) is 10.1 Å². The first-order chi connectivity index (χ1) is 9.60. The van der Waals surface area contributed by atoms with Crippen LogP contribution in [0.5, 0.6) is 5.75 Å². The number of rotatable bonds is 5. The average Bonchev–Trinajstić information content (AvgIpc) is 2.45. The standard InChI is InChI=1S/C15H16N2O3/c1-11-4-3-5-13(8-11)16-10-12-6-7-15(20-2)14(9-12)17(18)19/h3-9,16H,10H2,1-2H3. The predicted octanol–water partition coefficient (Wildman–Crippen LogP) is 3.52. The molecule has 0 fully saturated rings. The molecule has 2 aromatic carbocycles. The van der Waals surface area contributed by atoms with Crippen molar-refractivity contribution in [3.8, 4) is 5.75 Å². The van der Waals surface area contributed by atoms with Gasteiger partial charge in [0.1, 0.15) is 0 Å². The molecule has 5 heteroatoms. The van der Waals surface area contributed by atoms with Gasteiger partial charge in [0.15, 0.2) is 5.75 Å². The lowest BCUT2D eigenvalue weighted by Gasteiger charge is -2.08. The highest BCUT2D eigenvalue weighted by atomic mass is 16.6. The van der Waals surface area contributed by atoms with Crippen molar-refractivity contribution in [1.82, 2.24) is 0 Å². The van der Waals surface area contributed by atoms with Crippen LogP contribution in [0.1, 0.15) is 11.1 Å². The lowest BCUT2D eigenvalue weighted by molar-refractivity contribution is -0.385. The number of hydrogen-bond donors (Lipinski definition) is 1. The third-order valence-electron chi connectivity index (χ3n) is 2.95. The summed E-state index contributed by atoms with van der Waals surface area (Å²) in [5, 5.41) is 14.2. The second-order valence-electron chi connectivity index (χ2n) is 4.49. The number of hydrogen-bond acceptors (Lipinski definition) is 4. The molecule has 1 N–H and O–H groups in total. The van der Waals surface area contributed by atoms with E-state index in [1.54, 1.807) is 6.07 Å². The van der Waals surface area contributed by atoms with Crippen LogP contribution in [0.4, 0.5) is 11.4 Å². The van der Waals surface area contributed by atoms with Crippen molar-refractivity contribution in [2.45, 2.75) is 13.5 Å². The van der Waals surface area contributed by atoms with E-state index in [1.165, 1.54) is 13.2 Å². The van der Waals surface area contributed by atoms with E-state index in [1.807, 2.05) is 37.3 Å². The summed E-state index contributed by atoms with van der Waals surface area (Å²) in [7, 11) is 1.42. The summed E-state index contributed by atoms with van der Waals surface area (Å²) in [6.45, 7) is 2.54. The van der Waals surface area contributed by atoms with Gasteiger partial charge < -0.3 is 10.1 Å². The topological polar surface area (TPSA) is 64.4 Å². The quantitative estimate of drug-likeness (QED) is 0.668. The summed E-state index contributed by atoms with van der Waals surface area (Å²) in [6.07, 6.45) is 0. The third-order valence-corrected chi connectivity index (χ3v) is 2.95. The molecule has 0 radical (unpaired) electrons. The Hall–Kier alpha value is -2.56. The number of nitrogens with zero attached hydrogens (tertiary/aromatic N) is 1. The van der Waals surface area contributed by atoms with Crippen LogP contribution in [0.25, 0.3) is 0 Å². The maximum atomic E-state index is 11.0. The van der Waals surface area contributed by atoms with Crippen molar-refractivity contribution in [2.24, 2.45) is 0 Å². The first-order valence-corrected chi connectivity index (χ1v) is 6.22. The van der Waals surface area contributed by atoms with Crippen LogP contribution in [-0.2, 0) is 6.54 Å². The van der Waals surface area contributed by atoms with Gasteiger partial charge in [-0.05, 0) is 36.2 Å². The van der Waals surface area contributed by atoms with Crippen molar-refractivity contribution in [1.29, 1.82) is 0 Å². The molecular weight excluding hydrogens is 256 g/mol. The number of nitro groups is 1. The molecule has 5 nitrogen and oxygen atoms in total. The van der Waals surface area contributed by atoms with Crippen LogP contribution in [-0.4, -0.2) is 12.0 Å². The van der Waals surface area contributed by atoms with E-state index < -0.39 is 4.92 Å². The van der Waals surface area contributed by atoms with Gasteiger partial charge >= 0.3 is 5.69 Å². The molecule has 0 aliphatic heterocycles. The van der Waals surface area contributed by atoms with Crippen LogP contribution in [0.15, 0.2) is 42.5 Å². The Morgan fingerprint density at radius 3 is 2.70 bits per heavy atom. The van der Waals surface area contributed by atoms with Crippen LogP contribution in [0.2, 0.25) is 0 Å². The van der Waals surface area contributed by atoms with Crippen LogP contribution in [0.3, 0.4) is 0 Å². The fraction of sp³-hybridized carbons (Fsp3) is 0.200. The first-order valence-electron chi connectivity index (χ1n) is 6.22. The number of aryl methyl sites for hydroxylation is 1. The first kappa shape index (κ1) is 13.9. The van der Waals surface area contributed by atoms with Gasteiger partial charge in [0.05, 0.1) is 12.0 Å². The Labute approximate surface area is 117 Å². The molecule has 0 saturated carbocycles. The summed E-state index contributed by atoms with van der Waals surface area (Å²) < 4.78 is 4.98. The second kappa shape index (κ2) is 6.06. The zero-order valence-electron chi connectivity index (χ0n) is 11.4. The molecule has 0 saturated heterocycles. The molecule has 0 spiro atoms. The largest absolute Gasteiger partial charge is 0.490 e. The molecule has 2 aromatic rings. The van der Waals surface area contributed by atoms with E-state index in [0.717, 1.165) is 16.8 Å². The molecule has 0 bridgehead atoms. The molecule has 0 heterocycles. The maximum absolute atomic E-state index is 11.0. The minimum atomic E-state index is -0.436. The SMILES string of the molecule is COc1ccc(CNc2cccc(C)c2)cc1[N+](=O)[O-]. The monoisotopic (exact) mass is 272 g/mol. The minimum Gasteiger partial charge on any atom is -0.490 e. The van der Waals surface area contributed by atoms with Gasteiger partial charge in [0.25, 0.3) is 0 Å². The second-order valence-corrected chi connectivity index (χ2v) is 4.49. The Balaban J connectivity index is 2.14. The molecule has 0 atom stereocenters. The Morgan fingerprint density at radius 2 is 2.05 bits per heavy atom. The Kier molecular flexibility index (Phi) is 4.20. The van der Waals surface area contributed by atoms with E-state index in [0.29, 0.717) is 6.54 Å². The molecule has 0 unspecified atom stereocenters. The number of nitro benzene ring substituents is 1. The number of anilines is 1. The van der Waals surface area contributed by atoms with E-state index >= 15 is 0 Å². The van der Waals surface area contributed by atoms with Gasteiger partial charge in [-0.25, -0.2) is 0 Å². The number of methoxy groups -OCH3 is 1. The van der Waals surface area contributed by atoms with E-state index in [-0.39, 0.29) is 11.4 Å². The average molecular weight is 272 g/mol. The third kappa shape index (κ3) is 3.26. The maximum Gasteiger partial charge on any atom is 0.311 e. The van der Waals surface area contributed by atoms with Crippen molar-refractivity contribution in [3.63, 3.8) is 0 Å². The molecule has 104 valence electrons. The summed E-state index contributed by atoms with van der Waals surface area (Å²) in [4.78, 5) is 10.5. The lowest BCUT2D eigenvalue weighted by Crippen LogP contribution is -2.01. The van der Waals surface area contributed by atoms with Crippen LogP contribution >= 0.6 is 0 Å². The molecule has 2 rings (SSSR count). The number of benzene rings is 2. The van der Waals surface area contributed by atoms with Gasteiger partial charge in [0.2, 0.25) is 0 Å². The highest BCUT2D eigenvalue weighted by molar-refractivity contribution is 5.50. The van der Waals surface area contributed by atoms with E-state index in [9.17, 15) is 10.1 Å². The zero-order chi connectivity index (χ0) is 14.5. The highest BCUT2D eigenvalue weighted by Crippen LogP contribution is 2.27. The van der Waals surface area contributed by atoms with Gasteiger partial charge in [-0.2, -0.15) is 0 Å². The van der Waals surface area contributed by atoms with Crippen molar-refractivity contribution in [3.05, 3.63) is 63.7 Å². The fourth-order valence-electron chi connectivity index (χ4n) is 1.95. The van der Waals surface area contributed by atoms with Crippen molar-refractivity contribution < 1.29 is 9.66 Å². The predicted molar refractivity (Wildman–Crippen MR) is 78.2 cm³/mol. The molecule has 20 heavy (non-hydrogen) atoms. The van der Waals surface area contributed by atoms with Crippen LogP contribution in [0, 0.1) is 17.0 Å². The summed E-state index contributed by atoms with van der Waals surface area (Å²) in [5.41, 5.74) is 2.97. The zero-order valence-corrected chi connectivity index (χ0v) is 11.4. The highest BCUT2D eigenvalue weighted by Gasteiger charge is 2.14. The van der Waals surface area contributed by atoms with E-state index in [2.05, 4.69) is 5.32 Å². The summed E-state index contributed by atoms with van der Waals surface area (Å²) >= 11 is 0. The minimum absolute atomic E-state index is 0.0176. The summed E-state index contributed by atoms with van der Waals surface area (Å²) in [5.74, 6) is 0.273. The van der Waals surface area contributed by atoms with Gasteiger partial charge in [0, 0.05) is 18.3 Å². The number of nitrogens with one attached hydrogen (secondary N) is 1. The van der Waals surface area contributed by atoms with Crippen molar-refractivity contribution >= 4 is 11.4 Å². The van der Waals surface area contributed by atoms with Gasteiger partial charge in [-0.1, -0.05) is 18.2 Å². The fourth-order valence-corrected chi connectivity index (χ4v) is 1.95. The molecule has 0 aliphatic carbocycles. The Morgan fingerprint density at radius 1 is 1.25 bits per heavy atom. The number of ether oxygens (including phenoxy) is 1. The lowest BCUT2D eigenvalue weighted by atomic mass is 10.1. The van der Waals surface area contributed by atoms with E-state index in [4.69, 9.17) is 4.74 Å². The molecule has 0 aromatic heterocycles. The van der Waals surface area contributed by atoms with Crippen molar-refractivity contribution in [2.75, 3.05) is 12.4 Å². The summed E-state index contributed by atoms with van der Waals surface area (Å²) in [6, 6.07) is 12.9. The molecule has 0 amide bonds. The van der Waals surface area contributed by atoms with Gasteiger partial charge in [-0.15, -0.1) is 0 Å². The molecular formula is C15H16N2O3. The Bertz CT molecular complexity index is 626.